The van der Waals surface area contributed by atoms with E-state index in [1.54, 1.807) is 19.1 Å². The molecule has 0 unspecified atom stereocenters. The van der Waals surface area contributed by atoms with Gasteiger partial charge in [-0.2, -0.15) is 0 Å². The zero-order valence-electron chi connectivity index (χ0n) is 12.9. The molecule has 1 amide bonds. The van der Waals surface area contributed by atoms with Gasteiger partial charge in [0, 0.05) is 10.5 Å². The van der Waals surface area contributed by atoms with Gasteiger partial charge in [-0.15, -0.1) is 0 Å². The van der Waals surface area contributed by atoms with E-state index in [4.69, 9.17) is 4.74 Å². The van der Waals surface area contributed by atoms with Crippen LogP contribution in [0.4, 0.5) is 10.1 Å². The van der Waals surface area contributed by atoms with Gasteiger partial charge in [0.15, 0.2) is 6.61 Å². The fraction of sp³-hybridized carbons (Fsp3) is 0.111. The van der Waals surface area contributed by atoms with Gasteiger partial charge in [0.25, 0.3) is 5.91 Å². The number of ether oxygens (including phenoxy) is 1. The van der Waals surface area contributed by atoms with Crippen molar-refractivity contribution >= 4 is 39.6 Å². The fourth-order valence-corrected chi connectivity index (χ4v) is 2.28. The maximum atomic E-state index is 13.6. The maximum absolute atomic E-state index is 13.6. The van der Waals surface area contributed by atoms with Crippen LogP contribution in [-0.2, 0) is 14.3 Å². The van der Waals surface area contributed by atoms with Gasteiger partial charge in [-0.1, -0.05) is 34.1 Å². The number of rotatable bonds is 5. The molecule has 0 fully saturated rings. The summed E-state index contributed by atoms with van der Waals surface area (Å²) in [5, 5.41) is 2.35. The van der Waals surface area contributed by atoms with E-state index in [1.807, 2.05) is 24.3 Å². The van der Waals surface area contributed by atoms with Gasteiger partial charge in [0.2, 0.25) is 0 Å². The minimum absolute atomic E-state index is 0.0475. The van der Waals surface area contributed by atoms with E-state index in [0.717, 1.165) is 15.6 Å². The summed E-state index contributed by atoms with van der Waals surface area (Å²) in [6.07, 6.45) is 2.80. The van der Waals surface area contributed by atoms with Crippen molar-refractivity contribution in [3.63, 3.8) is 0 Å². The van der Waals surface area contributed by atoms with Crippen molar-refractivity contribution < 1.29 is 18.7 Å². The monoisotopic (exact) mass is 391 g/mol. The molecular formula is C18H15BrFNO3. The van der Waals surface area contributed by atoms with Gasteiger partial charge in [0.05, 0.1) is 5.69 Å². The van der Waals surface area contributed by atoms with Crippen LogP contribution in [0.5, 0.6) is 0 Å². The Balaban J connectivity index is 1.83. The second kappa shape index (κ2) is 8.40. The molecule has 1 N–H and O–H groups in total. The Morgan fingerprint density at radius 2 is 2.04 bits per heavy atom. The number of carbonyl (C=O) groups excluding carboxylic acids is 2. The first-order chi connectivity index (χ1) is 11.4. The van der Waals surface area contributed by atoms with Crippen molar-refractivity contribution in [1.29, 1.82) is 0 Å². The van der Waals surface area contributed by atoms with E-state index >= 15 is 0 Å². The quantitative estimate of drug-likeness (QED) is 0.616. The fourth-order valence-electron chi connectivity index (χ4n) is 1.87. The molecule has 0 aliphatic rings. The van der Waals surface area contributed by atoms with Gasteiger partial charge in [-0.05, 0) is 48.4 Å². The normalized spacial score (nSPS) is 10.6. The molecule has 0 heterocycles. The molecule has 0 atom stereocenters. The first kappa shape index (κ1) is 17.9. The molecule has 2 rings (SSSR count). The Kier molecular flexibility index (Phi) is 6.26. The number of hydrogen-bond acceptors (Lipinski definition) is 3. The highest BCUT2D eigenvalue weighted by atomic mass is 79.9. The van der Waals surface area contributed by atoms with Crippen molar-refractivity contribution in [3.05, 3.63) is 70.0 Å². The van der Waals surface area contributed by atoms with E-state index in [0.29, 0.717) is 0 Å². The Labute approximate surface area is 147 Å². The number of hydrogen-bond donors (Lipinski definition) is 1. The Morgan fingerprint density at radius 3 is 2.75 bits per heavy atom. The molecule has 24 heavy (non-hydrogen) atoms. The Morgan fingerprint density at radius 1 is 1.25 bits per heavy atom. The number of aryl methyl sites for hydroxylation is 1. The second-order valence-corrected chi connectivity index (χ2v) is 5.94. The van der Waals surface area contributed by atoms with Crippen LogP contribution in [0.15, 0.2) is 53.0 Å². The Hall–Kier alpha value is -2.47. The average Bonchev–Trinajstić information content (AvgIpc) is 2.54. The van der Waals surface area contributed by atoms with Crippen molar-refractivity contribution in [2.24, 2.45) is 0 Å². The maximum Gasteiger partial charge on any atom is 0.331 e. The highest BCUT2D eigenvalue weighted by Gasteiger charge is 2.09. The lowest BCUT2D eigenvalue weighted by molar-refractivity contribution is -0.142. The van der Waals surface area contributed by atoms with Gasteiger partial charge < -0.3 is 10.1 Å². The van der Waals surface area contributed by atoms with Crippen LogP contribution in [0.2, 0.25) is 0 Å². The third-order valence-electron chi connectivity index (χ3n) is 3.00. The summed E-state index contributed by atoms with van der Waals surface area (Å²) in [5.74, 6) is -1.80. The van der Waals surface area contributed by atoms with Crippen LogP contribution < -0.4 is 5.32 Å². The molecule has 0 saturated carbocycles. The molecule has 124 valence electrons. The molecule has 0 radical (unpaired) electrons. The van der Waals surface area contributed by atoms with E-state index < -0.39 is 24.3 Å². The standard InChI is InChI=1S/C18H15BrFNO3/c1-12-5-7-16(15(20)9-12)21-17(22)11-24-18(23)8-6-13-3-2-4-14(19)10-13/h2-10H,11H2,1H3,(H,21,22)/b8-6+. The van der Waals surface area contributed by atoms with E-state index in [-0.39, 0.29) is 5.69 Å². The van der Waals surface area contributed by atoms with Crippen LogP contribution in [-0.4, -0.2) is 18.5 Å². The zero-order valence-corrected chi connectivity index (χ0v) is 14.5. The summed E-state index contributed by atoms with van der Waals surface area (Å²) in [6, 6.07) is 11.8. The summed E-state index contributed by atoms with van der Waals surface area (Å²) in [7, 11) is 0. The van der Waals surface area contributed by atoms with E-state index in [9.17, 15) is 14.0 Å². The van der Waals surface area contributed by atoms with Crippen molar-refractivity contribution in [2.45, 2.75) is 6.92 Å². The number of carbonyl (C=O) groups is 2. The third-order valence-corrected chi connectivity index (χ3v) is 3.50. The van der Waals surface area contributed by atoms with E-state index in [2.05, 4.69) is 21.2 Å². The summed E-state index contributed by atoms with van der Waals surface area (Å²) < 4.78 is 19.3. The SMILES string of the molecule is Cc1ccc(NC(=O)COC(=O)/C=C/c2cccc(Br)c2)c(F)c1. The van der Waals surface area contributed by atoms with Gasteiger partial charge in [0.1, 0.15) is 5.82 Å². The smallest absolute Gasteiger partial charge is 0.331 e. The molecule has 2 aromatic carbocycles. The number of esters is 1. The molecule has 0 bridgehead atoms. The predicted molar refractivity (Wildman–Crippen MR) is 93.9 cm³/mol. The van der Waals surface area contributed by atoms with Crippen LogP contribution in [0, 0.1) is 12.7 Å². The molecule has 4 nitrogen and oxygen atoms in total. The van der Waals surface area contributed by atoms with Crippen molar-refractivity contribution in [2.75, 3.05) is 11.9 Å². The van der Waals surface area contributed by atoms with Crippen LogP contribution >= 0.6 is 15.9 Å². The number of amides is 1. The van der Waals surface area contributed by atoms with Gasteiger partial charge >= 0.3 is 5.97 Å². The molecule has 0 spiro atoms. The predicted octanol–water partition coefficient (Wildman–Crippen LogP) is 4.09. The molecule has 0 aliphatic heterocycles. The number of anilines is 1. The minimum Gasteiger partial charge on any atom is -0.452 e. The van der Waals surface area contributed by atoms with Crippen molar-refractivity contribution in [3.8, 4) is 0 Å². The molecular weight excluding hydrogens is 377 g/mol. The second-order valence-electron chi connectivity index (χ2n) is 5.03. The highest BCUT2D eigenvalue weighted by molar-refractivity contribution is 9.10. The lowest BCUT2D eigenvalue weighted by Crippen LogP contribution is -2.20. The topological polar surface area (TPSA) is 55.4 Å². The molecule has 2 aromatic rings. The summed E-state index contributed by atoms with van der Waals surface area (Å²) >= 11 is 3.33. The van der Waals surface area contributed by atoms with Crippen LogP contribution in [0.3, 0.4) is 0 Å². The summed E-state index contributed by atoms with van der Waals surface area (Å²) in [4.78, 5) is 23.3. The molecule has 0 saturated heterocycles. The van der Waals surface area contributed by atoms with Crippen molar-refractivity contribution in [1.82, 2.24) is 0 Å². The summed E-state index contributed by atoms with van der Waals surface area (Å²) in [5.41, 5.74) is 1.61. The lowest BCUT2D eigenvalue weighted by atomic mass is 10.2. The molecule has 0 aliphatic carbocycles. The van der Waals surface area contributed by atoms with Gasteiger partial charge in [-0.25, -0.2) is 9.18 Å². The Bertz CT molecular complexity index is 790. The number of nitrogens with one attached hydrogen (secondary N) is 1. The highest BCUT2D eigenvalue weighted by Crippen LogP contribution is 2.15. The zero-order chi connectivity index (χ0) is 17.5. The largest absolute Gasteiger partial charge is 0.452 e. The van der Waals surface area contributed by atoms with Crippen LogP contribution in [0.25, 0.3) is 6.08 Å². The third kappa shape index (κ3) is 5.62. The number of halogens is 2. The number of benzene rings is 2. The molecule has 6 heteroatoms. The van der Waals surface area contributed by atoms with Crippen LogP contribution in [0.1, 0.15) is 11.1 Å². The van der Waals surface area contributed by atoms with E-state index in [1.165, 1.54) is 18.2 Å². The molecule has 0 aromatic heterocycles. The lowest BCUT2D eigenvalue weighted by Gasteiger charge is -2.07. The average molecular weight is 392 g/mol. The first-order valence-electron chi connectivity index (χ1n) is 7.10. The first-order valence-corrected chi connectivity index (χ1v) is 7.90. The summed E-state index contributed by atoms with van der Waals surface area (Å²) in [6.45, 7) is 1.25. The minimum atomic E-state index is -0.658. The van der Waals surface area contributed by atoms with Gasteiger partial charge in [-0.3, -0.25) is 4.79 Å².